The summed E-state index contributed by atoms with van der Waals surface area (Å²) >= 11 is 0. The zero-order chi connectivity index (χ0) is 10.6. The molecule has 0 heteroatoms. The van der Waals surface area contributed by atoms with Crippen LogP contribution in [0.2, 0.25) is 0 Å². The number of hydrogen-bond acceptors (Lipinski definition) is 0. The van der Waals surface area contributed by atoms with Crippen LogP contribution < -0.4 is 0 Å². The Balaban J connectivity index is 2.26. The largest absolute Gasteiger partial charge is 0.0772 e. The van der Waals surface area contributed by atoms with Crippen LogP contribution in [0.3, 0.4) is 0 Å². The van der Waals surface area contributed by atoms with E-state index < -0.39 is 0 Å². The van der Waals surface area contributed by atoms with E-state index in [9.17, 15) is 0 Å². The van der Waals surface area contributed by atoms with Gasteiger partial charge in [0.2, 0.25) is 0 Å². The van der Waals surface area contributed by atoms with Crippen LogP contribution in [0.25, 0.3) is 0 Å². The van der Waals surface area contributed by atoms with Crippen LogP contribution in [0.5, 0.6) is 0 Å². The standard InChI is InChI=1S/C15H18/c1-9-5-4-6-12-13-7-11(3)14(15(9)12)8-10(13)2/h4-7,10,13-14H,8H2,1-3H3. The van der Waals surface area contributed by atoms with Crippen molar-refractivity contribution in [3.8, 4) is 0 Å². The highest BCUT2D eigenvalue weighted by Gasteiger charge is 2.37. The van der Waals surface area contributed by atoms with Crippen molar-refractivity contribution in [3.63, 3.8) is 0 Å². The number of rotatable bonds is 0. The Morgan fingerprint density at radius 1 is 1.20 bits per heavy atom. The molecule has 0 amide bonds. The second kappa shape index (κ2) is 2.98. The molecule has 2 bridgehead atoms. The minimum absolute atomic E-state index is 0.685. The predicted octanol–water partition coefficient (Wildman–Crippen LogP) is 4.16. The van der Waals surface area contributed by atoms with E-state index in [1.54, 1.807) is 16.7 Å². The van der Waals surface area contributed by atoms with E-state index in [1.165, 1.54) is 12.0 Å². The van der Waals surface area contributed by atoms with Gasteiger partial charge in [-0.1, -0.05) is 36.8 Å². The van der Waals surface area contributed by atoms with E-state index in [1.807, 2.05) is 0 Å². The van der Waals surface area contributed by atoms with Crippen molar-refractivity contribution in [1.82, 2.24) is 0 Å². The van der Waals surface area contributed by atoms with Gasteiger partial charge >= 0.3 is 0 Å². The van der Waals surface area contributed by atoms with Gasteiger partial charge in [-0.15, -0.1) is 0 Å². The highest BCUT2D eigenvalue weighted by molar-refractivity contribution is 5.51. The first kappa shape index (κ1) is 9.21. The Hall–Kier alpha value is -1.04. The molecule has 0 nitrogen and oxygen atoms in total. The van der Waals surface area contributed by atoms with Crippen molar-refractivity contribution in [2.45, 2.75) is 39.0 Å². The fourth-order valence-corrected chi connectivity index (χ4v) is 3.48. The summed E-state index contributed by atoms with van der Waals surface area (Å²) in [6, 6.07) is 6.81. The van der Waals surface area contributed by atoms with E-state index >= 15 is 0 Å². The van der Waals surface area contributed by atoms with Crippen molar-refractivity contribution in [2.75, 3.05) is 0 Å². The fraction of sp³-hybridized carbons (Fsp3) is 0.467. The molecule has 3 unspecified atom stereocenters. The minimum Gasteiger partial charge on any atom is -0.0772 e. The fourth-order valence-electron chi connectivity index (χ4n) is 3.48. The van der Waals surface area contributed by atoms with Gasteiger partial charge in [0.05, 0.1) is 0 Å². The number of allylic oxidation sites excluding steroid dienone is 2. The maximum Gasteiger partial charge on any atom is 0.00540 e. The van der Waals surface area contributed by atoms with Gasteiger partial charge in [-0.2, -0.15) is 0 Å². The van der Waals surface area contributed by atoms with E-state index in [0.29, 0.717) is 11.8 Å². The summed E-state index contributed by atoms with van der Waals surface area (Å²) in [5.41, 5.74) is 6.33. The van der Waals surface area contributed by atoms with E-state index in [2.05, 4.69) is 45.0 Å². The van der Waals surface area contributed by atoms with Gasteiger partial charge in [-0.25, -0.2) is 0 Å². The normalized spacial score (nSPS) is 32.5. The quantitative estimate of drug-likeness (QED) is 0.549. The molecule has 0 spiro atoms. The molecule has 1 aromatic rings. The number of aryl methyl sites for hydroxylation is 1. The summed E-state index contributed by atoms with van der Waals surface area (Å²) in [5, 5.41) is 0. The van der Waals surface area contributed by atoms with Crippen LogP contribution in [0.1, 0.15) is 48.8 Å². The number of hydrogen-bond donors (Lipinski definition) is 0. The maximum absolute atomic E-state index is 2.50. The molecule has 1 aromatic carbocycles. The topological polar surface area (TPSA) is 0 Å². The lowest BCUT2D eigenvalue weighted by molar-refractivity contribution is 0.393. The van der Waals surface area contributed by atoms with Gasteiger partial charge in [0, 0.05) is 11.8 Å². The zero-order valence-corrected chi connectivity index (χ0v) is 9.75. The van der Waals surface area contributed by atoms with Crippen LogP contribution in [-0.2, 0) is 0 Å². The maximum atomic E-state index is 2.50. The van der Waals surface area contributed by atoms with Crippen LogP contribution in [-0.4, -0.2) is 0 Å². The average Bonchev–Trinajstić information content (AvgIpc) is 2.20. The second-order valence-corrected chi connectivity index (χ2v) is 5.28. The Morgan fingerprint density at radius 2 is 2.00 bits per heavy atom. The molecule has 0 aliphatic heterocycles. The van der Waals surface area contributed by atoms with Crippen molar-refractivity contribution >= 4 is 0 Å². The highest BCUT2D eigenvalue weighted by Crippen LogP contribution is 2.52. The van der Waals surface area contributed by atoms with Crippen LogP contribution in [0, 0.1) is 12.8 Å². The molecule has 0 N–H and O–H groups in total. The average molecular weight is 198 g/mol. The number of fused-ring (bicyclic) bond motifs is 1. The summed E-state index contributed by atoms with van der Waals surface area (Å²) in [6.07, 6.45) is 3.85. The first-order valence-electron chi connectivity index (χ1n) is 5.96. The van der Waals surface area contributed by atoms with E-state index in [-0.39, 0.29) is 0 Å². The summed E-state index contributed by atoms with van der Waals surface area (Å²) in [4.78, 5) is 0. The van der Waals surface area contributed by atoms with E-state index in [0.717, 1.165) is 5.92 Å². The summed E-state index contributed by atoms with van der Waals surface area (Å²) in [5.74, 6) is 2.22. The van der Waals surface area contributed by atoms with Crippen LogP contribution in [0.15, 0.2) is 29.8 Å². The lowest BCUT2D eigenvalue weighted by atomic mass is 9.62. The lowest BCUT2D eigenvalue weighted by Crippen LogP contribution is -2.27. The highest BCUT2D eigenvalue weighted by atomic mass is 14.4. The molecule has 3 aliphatic carbocycles. The van der Waals surface area contributed by atoms with Crippen molar-refractivity contribution in [3.05, 3.63) is 46.5 Å². The van der Waals surface area contributed by atoms with Crippen molar-refractivity contribution in [1.29, 1.82) is 0 Å². The predicted molar refractivity (Wildman–Crippen MR) is 64.2 cm³/mol. The lowest BCUT2D eigenvalue weighted by Gasteiger charge is -2.42. The molecule has 0 radical (unpaired) electrons. The van der Waals surface area contributed by atoms with Crippen molar-refractivity contribution in [2.24, 2.45) is 5.92 Å². The molecular formula is C15H18. The molecule has 0 aromatic heterocycles. The third kappa shape index (κ3) is 1.14. The zero-order valence-electron chi connectivity index (χ0n) is 9.75. The summed E-state index contributed by atoms with van der Waals surface area (Å²) in [7, 11) is 0. The molecule has 3 atom stereocenters. The molecule has 78 valence electrons. The van der Waals surface area contributed by atoms with Gasteiger partial charge in [0.25, 0.3) is 0 Å². The van der Waals surface area contributed by atoms with Gasteiger partial charge in [0.1, 0.15) is 0 Å². The molecule has 3 aliphatic rings. The summed E-state index contributed by atoms with van der Waals surface area (Å²) in [6.45, 7) is 6.96. The smallest absolute Gasteiger partial charge is 0.00540 e. The molecule has 15 heavy (non-hydrogen) atoms. The molecule has 0 fully saturated rings. The first-order valence-corrected chi connectivity index (χ1v) is 5.96. The monoisotopic (exact) mass is 198 g/mol. The first-order chi connectivity index (χ1) is 7.18. The SMILES string of the molecule is CC1=CC2c3cccc(C)c3C1CC2C. The van der Waals surface area contributed by atoms with Gasteiger partial charge < -0.3 is 0 Å². The molecule has 4 rings (SSSR count). The Bertz CT molecular complexity index is 439. The molecule has 0 saturated carbocycles. The van der Waals surface area contributed by atoms with Gasteiger partial charge in [0.15, 0.2) is 0 Å². The Kier molecular flexibility index (Phi) is 1.83. The third-order valence-electron chi connectivity index (χ3n) is 4.28. The van der Waals surface area contributed by atoms with Gasteiger partial charge in [-0.05, 0) is 42.9 Å². The van der Waals surface area contributed by atoms with Gasteiger partial charge in [-0.3, -0.25) is 0 Å². The van der Waals surface area contributed by atoms with Crippen LogP contribution >= 0.6 is 0 Å². The molecule has 0 heterocycles. The van der Waals surface area contributed by atoms with Crippen molar-refractivity contribution < 1.29 is 0 Å². The molecular weight excluding hydrogens is 180 g/mol. The van der Waals surface area contributed by atoms with Crippen LogP contribution in [0.4, 0.5) is 0 Å². The summed E-state index contributed by atoms with van der Waals surface area (Å²) < 4.78 is 0. The number of benzene rings is 1. The second-order valence-electron chi connectivity index (χ2n) is 5.28. The Morgan fingerprint density at radius 3 is 2.80 bits per heavy atom. The molecule has 0 saturated heterocycles. The van der Waals surface area contributed by atoms with E-state index in [4.69, 9.17) is 0 Å². The third-order valence-corrected chi connectivity index (χ3v) is 4.28. The Labute approximate surface area is 92.0 Å². The minimum atomic E-state index is 0.685.